The third kappa shape index (κ3) is 8.90. The molecule has 0 bridgehead atoms. The lowest BCUT2D eigenvalue weighted by Crippen LogP contribution is -2.50. The van der Waals surface area contributed by atoms with Crippen molar-refractivity contribution in [1.29, 1.82) is 0 Å². The molecule has 7 heteroatoms. The van der Waals surface area contributed by atoms with Crippen molar-refractivity contribution in [3.63, 3.8) is 0 Å². The van der Waals surface area contributed by atoms with Gasteiger partial charge in [0.15, 0.2) is 0 Å². The van der Waals surface area contributed by atoms with E-state index in [1.807, 2.05) is 44.2 Å². The van der Waals surface area contributed by atoms with E-state index < -0.39 is 12.1 Å². The Morgan fingerprint density at radius 3 is 2.52 bits per heavy atom. The number of unbranched alkanes of at least 4 members (excludes halogenated alkanes) is 1. The van der Waals surface area contributed by atoms with Gasteiger partial charge in [0.2, 0.25) is 5.91 Å². The highest BCUT2D eigenvalue weighted by Gasteiger charge is 2.24. The molecule has 2 rings (SSSR count). The Kier molecular flexibility index (Phi) is 10.1. The third-order valence-corrected chi connectivity index (χ3v) is 4.57. The van der Waals surface area contributed by atoms with E-state index in [0.29, 0.717) is 24.5 Å². The molecule has 1 atom stereocenters. The zero-order valence-electron chi connectivity index (χ0n) is 18.0. The first-order valence-corrected chi connectivity index (χ1v) is 10.4. The first-order chi connectivity index (χ1) is 15.0. The van der Waals surface area contributed by atoms with Gasteiger partial charge in [-0.2, -0.15) is 0 Å². The number of hydrogen-bond acceptors (Lipinski definition) is 5. The van der Waals surface area contributed by atoms with Crippen LogP contribution in [0.5, 0.6) is 5.75 Å². The summed E-state index contributed by atoms with van der Waals surface area (Å²) in [6.45, 7) is 4.83. The average molecular weight is 427 g/mol. The van der Waals surface area contributed by atoms with Crippen molar-refractivity contribution < 1.29 is 23.9 Å². The van der Waals surface area contributed by atoms with E-state index in [-0.39, 0.29) is 18.4 Å². The number of aldehydes is 1. The molecular formula is C24H30N2O5. The number of ether oxygens (including phenoxy) is 2. The molecule has 0 radical (unpaired) electrons. The molecule has 0 aliphatic heterocycles. The van der Waals surface area contributed by atoms with E-state index in [1.165, 1.54) is 0 Å². The normalized spacial score (nSPS) is 11.5. The zero-order chi connectivity index (χ0) is 22.5. The fourth-order valence-corrected chi connectivity index (χ4v) is 2.84. The number of rotatable bonds is 12. The first-order valence-electron chi connectivity index (χ1n) is 10.4. The average Bonchev–Trinajstić information content (AvgIpc) is 2.78. The van der Waals surface area contributed by atoms with Gasteiger partial charge in [-0.15, -0.1) is 0 Å². The van der Waals surface area contributed by atoms with Gasteiger partial charge in [-0.1, -0.05) is 56.3 Å². The number of carbonyl (C=O) groups is 3. The minimum Gasteiger partial charge on any atom is -0.494 e. The fourth-order valence-electron chi connectivity index (χ4n) is 2.84. The summed E-state index contributed by atoms with van der Waals surface area (Å²) in [5.74, 6) is 0.315. The molecule has 0 fully saturated rings. The van der Waals surface area contributed by atoms with E-state index in [0.717, 1.165) is 24.7 Å². The fraction of sp³-hybridized carbons (Fsp3) is 0.375. The second-order valence-electron chi connectivity index (χ2n) is 7.46. The summed E-state index contributed by atoms with van der Waals surface area (Å²) in [6, 6.07) is 15.6. The van der Waals surface area contributed by atoms with Crippen molar-refractivity contribution in [2.75, 3.05) is 13.2 Å². The van der Waals surface area contributed by atoms with Crippen LogP contribution in [-0.4, -0.2) is 37.5 Å². The van der Waals surface area contributed by atoms with E-state index in [2.05, 4.69) is 10.6 Å². The minimum atomic E-state index is -0.675. The predicted octanol–water partition coefficient (Wildman–Crippen LogP) is 3.73. The molecule has 7 nitrogen and oxygen atoms in total. The smallest absolute Gasteiger partial charge is 0.408 e. The second-order valence-corrected chi connectivity index (χ2v) is 7.46. The van der Waals surface area contributed by atoms with Gasteiger partial charge in [0.05, 0.1) is 6.61 Å². The van der Waals surface area contributed by atoms with Crippen molar-refractivity contribution in [3.05, 3.63) is 65.7 Å². The lowest BCUT2D eigenvalue weighted by atomic mass is 10.0. The van der Waals surface area contributed by atoms with E-state index in [4.69, 9.17) is 9.47 Å². The maximum atomic E-state index is 12.5. The zero-order valence-corrected chi connectivity index (χ0v) is 18.0. The predicted molar refractivity (Wildman–Crippen MR) is 118 cm³/mol. The van der Waals surface area contributed by atoms with Gasteiger partial charge in [0.25, 0.3) is 0 Å². The molecule has 0 spiro atoms. The topological polar surface area (TPSA) is 93.7 Å². The van der Waals surface area contributed by atoms with Crippen LogP contribution in [0.2, 0.25) is 0 Å². The van der Waals surface area contributed by atoms with Crippen LogP contribution in [-0.2, 0) is 16.1 Å². The Labute approximate surface area is 183 Å². The first kappa shape index (κ1) is 23.9. The standard InChI is InChI=1S/C24H30N2O5/c1-18(2)22(26-24(29)31-17-19-9-4-3-5-10-19)23(28)25-13-6-7-14-30-21-12-8-11-20(15-21)16-27/h3-5,8-12,15-16,18,22H,6-7,13-14,17H2,1-2H3,(H,25,28)(H,26,29)/t22-/m0/s1. The molecule has 2 amide bonds. The molecule has 2 aromatic rings. The highest BCUT2D eigenvalue weighted by molar-refractivity contribution is 5.85. The third-order valence-electron chi connectivity index (χ3n) is 4.57. The Hall–Kier alpha value is -3.35. The van der Waals surface area contributed by atoms with Crippen LogP contribution in [0, 0.1) is 5.92 Å². The molecule has 0 unspecified atom stereocenters. The van der Waals surface area contributed by atoms with Crippen LogP contribution in [0.4, 0.5) is 4.79 Å². The van der Waals surface area contributed by atoms with Crippen molar-refractivity contribution in [1.82, 2.24) is 10.6 Å². The SMILES string of the molecule is CC(C)[C@H](NC(=O)OCc1ccccc1)C(=O)NCCCCOc1cccc(C=O)c1. The van der Waals surface area contributed by atoms with Gasteiger partial charge in [0, 0.05) is 12.1 Å². The lowest BCUT2D eigenvalue weighted by molar-refractivity contribution is -0.124. The van der Waals surface area contributed by atoms with E-state index in [1.54, 1.807) is 24.3 Å². The van der Waals surface area contributed by atoms with Crippen LogP contribution in [0.25, 0.3) is 0 Å². The van der Waals surface area contributed by atoms with Gasteiger partial charge >= 0.3 is 6.09 Å². The van der Waals surface area contributed by atoms with Crippen LogP contribution in [0.3, 0.4) is 0 Å². The Balaban J connectivity index is 1.66. The van der Waals surface area contributed by atoms with Crippen LogP contribution >= 0.6 is 0 Å². The lowest BCUT2D eigenvalue weighted by Gasteiger charge is -2.21. The quantitative estimate of drug-likeness (QED) is 0.398. The summed E-state index contributed by atoms with van der Waals surface area (Å²) in [5, 5.41) is 5.49. The summed E-state index contributed by atoms with van der Waals surface area (Å²) in [7, 11) is 0. The number of nitrogens with one attached hydrogen (secondary N) is 2. The molecule has 2 aromatic carbocycles. The maximum Gasteiger partial charge on any atom is 0.408 e. The van der Waals surface area contributed by atoms with Crippen molar-refractivity contribution in [3.8, 4) is 5.75 Å². The van der Waals surface area contributed by atoms with Gasteiger partial charge in [-0.25, -0.2) is 4.79 Å². The minimum absolute atomic E-state index is 0.0855. The summed E-state index contributed by atoms with van der Waals surface area (Å²) < 4.78 is 10.8. The summed E-state index contributed by atoms with van der Waals surface area (Å²) in [6.07, 6.45) is 1.62. The van der Waals surface area contributed by atoms with Crippen molar-refractivity contribution >= 4 is 18.3 Å². The summed E-state index contributed by atoms with van der Waals surface area (Å²) in [4.78, 5) is 35.3. The number of benzene rings is 2. The molecule has 0 aliphatic carbocycles. The summed E-state index contributed by atoms with van der Waals surface area (Å²) >= 11 is 0. The molecular weight excluding hydrogens is 396 g/mol. The monoisotopic (exact) mass is 426 g/mol. The Morgan fingerprint density at radius 1 is 1.03 bits per heavy atom. The highest BCUT2D eigenvalue weighted by Crippen LogP contribution is 2.12. The molecule has 0 saturated carbocycles. The maximum absolute atomic E-state index is 12.5. The molecule has 0 aliphatic rings. The van der Waals surface area contributed by atoms with Gasteiger partial charge in [-0.3, -0.25) is 9.59 Å². The van der Waals surface area contributed by atoms with Gasteiger partial charge < -0.3 is 20.1 Å². The number of alkyl carbamates (subject to hydrolysis) is 1. The molecule has 2 N–H and O–H groups in total. The van der Waals surface area contributed by atoms with Gasteiger partial charge in [0.1, 0.15) is 24.7 Å². The number of hydrogen-bond donors (Lipinski definition) is 2. The van der Waals surface area contributed by atoms with Crippen LogP contribution < -0.4 is 15.4 Å². The van der Waals surface area contributed by atoms with E-state index >= 15 is 0 Å². The molecule has 0 saturated heterocycles. The summed E-state index contributed by atoms with van der Waals surface area (Å²) in [5.41, 5.74) is 1.45. The van der Waals surface area contributed by atoms with Crippen LogP contribution in [0.1, 0.15) is 42.6 Å². The van der Waals surface area contributed by atoms with Crippen molar-refractivity contribution in [2.45, 2.75) is 39.3 Å². The number of amides is 2. The van der Waals surface area contributed by atoms with Gasteiger partial charge in [-0.05, 0) is 36.5 Å². The van der Waals surface area contributed by atoms with Crippen molar-refractivity contribution in [2.24, 2.45) is 5.92 Å². The molecule has 166 valence electrons. The molecule has 31 heavy (non-hydrogen) atoms. The molecule has 0 heterocycles. The highest BCUT2D eigenvalue weighted by atomic mass is 16.5. The number of carbonyl (C=O) groups excluding carboxylic acids is 3. The Morgan fingerprint density at radius 2 is 1.81 bits per heavy atom. The Bertz CT molecular complexity index is 839. The van der Waals surface area contributed by atoms with Crippen LogP contribution in [0.15, 0.2) is 54.6 Å². The molecule has 0 aromatic heterocycles. The largest absolute Gasteiger partial charge is 0.494 e. The van der Waals surface area contributed by atoms with E-state index in [9.17, 15) is 14.4 Å². The second kappa shape index (κ2) is 13.1.